The van der Waals surface area contributed by atoms with Crippen molar-refractivity contribution in [1.29, 1.82) is 0 Å². The van der Waals surface area contributed by atoms with Gasteiger partial charge >= 0.3 is 0 Å². The Labute approximate surface area is 159 Å². The van der Waals surface area contributed by atoms with Crippen LogP contribution in [0.2, 0.25) is 5.02 Å². The number of nitrogens with one attached hydrogen (secondary N) is 1. The number of hydrogen-bond donors (Lipinski definition) is 1. The van der Waals surface area contributed by atoms with Gasteiger partial charge in [-0.1, -0.05) is 41.9 Å². The van der Waals surface area contributed by atoms with Crippen LogP contribution in [-0.2, 0) is 6.42 Å². The molecule has 3 aromatic carbocycles. The Kier molecular flexibility index (Phi) is 4.60. The van der Waals surface area contributed by atoms with E-state index in [1.54, 1.807) is 24.3 Å². The van der Waals surface area contributed by atoms with E-state index in [-0.39, 0.29) is 5.56 Å². The van der Waals surface area contributed by atoms with Gasteiger partial charge in [-0.2, -0.15) is 0 Å². The van der Waals surface area contributed by atoms with E-state index in [0.717, 1.165) is 5.56 Å². The van der Waals surface area contributed by atoms with Crippen molar-refractivity contribution >= 4 is 34.3 Å². The van der Waals surface area contributed by atoms with Crippen LogP contribution in [0.4, 0.5) is 10.1 Å². The maximum Gasteiger partial charge on any atom is 0.258 e. The molecule has 134 valence electrons. The molecule has 0 unspecified atom stereocenters. The first-order valence-corrected chi connectivity index (χ1v) is 8.67. The summed E-state index contributed by atoms with van der Waals surface area (Å²) in [6.07, 6.45) is 0.464. The lowest BCUT2D eigenvalue weighted by Crippen LogP contribution is -2.13. The van der Waals surface area contributed by atoms with E-state index >= 15 is 0 Å². The molecule has 0 spiro atoms. The lowest BCUT2D eigenvalue weighted by molar-refractivity contribution is 0.102. The minimum Gasteiger partial charge on any atom is -0.440 e. The van der Waals surface area contributed by atoms with Crippen LogP contribution in [0.3, 0.4) is 0 Å². The Balaban J connectivity index is 1.57. The number of hydrogen-bond acceptors (Lipinski definition) is 3. The second kappa shape index (κ2) is 7.21. The minimum absolute atomic E-state index is 0.0165. The largest absolute Gasteiger partial charge is 0.440 e. The fourth-order valence-corrected chi connectivity index (χ4v) is 2.98. The molecule has 4 nitrogen and oxygen atoms in total. The van der Waals surface area contributed by atoms with E-state index in [0.29, 0.717) is 34.1 Å². The molecule has 27 heavy (non-hydrogen) atoms. The Morgan fingerprint density at radius 1 is 1.07 bits per heavy atom. The summed E-state index contributed by atoms with van der Waals surface area (Å²) < 4.78 is 19.5. The van der Waals surface area contributed by atoms with E-state index in [1.165, 1.54) is 18.2 Å². The Bertz CT molecular complexity index is 1140. The topological polar surface area (TPSA) is 55.1 Å². The summed E-state index contributed by atoms with van der Waals surface area (Å²) in [5, 5.41) is 3.33. The van der Waals surface area contributed by atoms with Crippen molar-refractivity contribution in [3.8, 4) is 0 Å². The number of rotatable bonds is 4. The normalized spacial score (nSPS) is 10.9. The minimum atomic E-state index is -0.570. The van der Waals surface area contributed by atoms with Crippen LogP contribution in [0, 0.1) is 5.82 Å². The molecule has 1 heterocycles. The zero-order valence-corrected chi connectivity index (χ0v) is 14.8. The van der Waals surface area contributed by atoms with Gasteiger partial charge in [-0.15, -0.1) is 0 Å². The summed E-state index contributed by atoms with van der Waals surface area (Å²) >= 11 is 6.18. The van der Waals surface area contributed by atoms with Crippen molar-refractivity contribution in [2.24, 2.45) is 0 Å². The van der Waals surface area contributed by atoms with Gasteiger partial charge in [0.25, 0.3) is 5.91 Å². The number of aromatic nitrogens is 1. The van der Waals surface area contributed by atoms with E-state index < -0.39 is 11.7 Å². The van der Waals surface area contributed by atoms with Crippen molar-refractivity contribution in [2.45, 2.75) is 6.42 Å². The van der Waals surface area contributed by atoms with E-state index in [2.05, 4.69) is 10.3 Å². The van der Waals surface area contributed by atoms with Crippen molar-refractivity contribution in [3.63, 3.8) is 0 Å². The summed E-state index contributed by atoms with van der Waals surface area (Å²) in [5.74, 6) is -0.567. The summed E-state index contributed by atoms with van der Waals surface area (Å²) in [7, 11) is 0. The first-order valence-electron chi connectivity index (χ1n) is 8.29. The van der Waals surface area contributed by atoms with Crippen molar-refractivity contribution < 1.29 is 13.6 Å². The molecule has 0 radical (unpaired) electrons. The molecule has 0 fully saturated rings. The van der Waals surface area contributed by atoms with Gasteiger partial charge in [0.1, 0.15) is 11.3 Å². The van der Waals surface area contributed by atoms with Gasteiger partial charge in [0.05, 0.1) is 12.0 Å². The molecule has 1 N–H and O–H groups in total. The van der Waals surface area contributed by atoms with Crippen LogP contribution in [0.15, 0.2) is 71.1 Å². The molecule has 0 atom stereocenters. The first-order chi connectivity index (χ1) is 13.1. The van der Waals surface area contributed by atoms with Crippen LogP contribution in [0.5, 0.6) is 0 Å². The zero-order valence-electron chi connectivity index (χ0n) is 14.1. The molecule has 0 aliphatic carbocycles. The van der Waals surface area contributed by atoms with E-state index in [4.69, 9.17) is 16.0 Å². The lowest BCUT2D eigenvalue weighted by atomic mass is 10.1. The summed E-state index contributed by atoms with van der Waals surface area (Å²) in [5.41, 5.74) is 2.61. The Morgan fingerprint density at radius 3 is 2.67 bits per heavy atom. The van der Waals surface area contributed by atoms with E-state index in [9.17, 15) is 9.18 Å². The smallest absolute Gasteiger partial charge is 0.258 e. The molecular weight excluding hydrogens is 367 g/mol. The SMILES string of the molecule is O=C(Nc1ccc2oc(Cc3ccccc3Cl)nc2c1)c1ccccc1F. The number of fused-ring (bicyclic) bond motifs is 1. The molecule has 4 aromatic rings. The average Bonchev–Trinajstić information content (AvgIpc) is 3.05. The molecule has 0 aliphatic heterocycles. The number of amides is 1. The number of nitrogens with zero attached hydrogens (tertiary/aromatic N) is 1. The Hall–Kier alpha value is -3.18. The Morgan fingerprint density at radius 2 is 1.85 bits per heavy atom. The quantitative estimate of drug-likeness (QED) is 0.511. The van der Waals surface area contributed by atoms with Crippen LogP contribution in [0.1, 0.15) is 21.8 Å². The standard InChI is InChI=1S/C21H14ClFN2O2/c22-16-7-3-1-5-13(16)11-20-25-18-12-14(9-10-19(18)27-20)24-21(26)15-6-2-4-8-17(15)23/h1-10,12H,11H2,(H,24,26). The van der Waals surface area contributed by atoms with Crippen molar-refractivity contribution in [1.82, 2.24) is 4.98 Å². The molecule has 4 rings (SSSR count). The summed E-state index contributed by atoms with van der Waals surface area (Å²) in [4.78, 5) is 16.7. The van der Waals surface area contributed by atoms with Crippen LogP contribution >= 0.6 is 11.6 Å². The first kappa shape index (κ1) is 17.2. The van der Waals surface area contributed by atoms with Crippen molar-refractivity contribution in [3.05, 3.63) is 94.6 Å². The third-order valence-corrected chi connectivity index (χ3v) is 4.48. The van der Waals surface area contributed by atoms with Crippen LogP contribution in [0.25, 0.3) is 11.1 Å². The second-order valence-electron chi connectivity index (χ2n) is 5.99. The van der Waals surface area contributed by atoms with Gasteiger partial charge in [0, 0.05) is 10.7 Å². The molecule has 0 aliphatic rings. The van der Waals surface area contributed by atoms with Gasteiger partial charge < -0.3 is 9.73 Å². The summed E-state index contributed by atoms with van der Waals surface area (Å²) in [6.45, 7) is 0. The van der Waals surface area contributed by atoms with Gasteiger partial charge in [-0.25, -0.2) is 9.37 Å². The molecule has 6 heteroatoms. The van der Waals surface area contributed by atoms with Gasteiger partial charge in [0.2, 0.25) is 0 Å². The van der Waals surface area contributed by atoms with E-state index in [1.807, 2.05) is 24.3 Å². The van der Waals surface area contributed by atoms with Crippen LogP contribution < -0.4 is 5.32 Å². The average molecular weight is 381 g/mol. The number of carbonyl (C=O) groups excluding carboxylic acids is 1. The highest BCUT2D eigenvalue weighted by molar-refractivity contribution is 6.31. The van der Waals surface area contributed by atoms with Gasteiger partial charge in [-0.05, 0) is 42.0 Å². The number of halogens is 2. The maximum absolute atomic E-state index is 13.7. The van der Waals surface area contributed by atoms with Crippen LogP contribution in [-0.4, -0.2) is 10.9 Å². The third-order valence-electron chi connectivity index (χ3n) is 4.11. The molecule has 0 saturated carbocycles. The molecule has 0 bridgehead atoms. The van der Waals surface area contributed by atoms with Crippen molar-refractivity contribution in [2.75, 3.05) is 5.32 Å². The molecule has 1 aromatic heterocycles. The monoisotopic (exact) mass is 380 g/mol. The number of oxazole rings is 1. The molecular formula is C21H14ClFN2O2. The number of carbonyl (C=O) groups is 1. The molecule has 0 saturated heterocycles. The highest BCUT2D eigenvalue weighted by Crippen LogP contribution is 2.24. The highest BCUT2D eigenvalue weighted by Gasteiger charge is 2.13. The van der Waals surface area contributed by atoms with Gasteiger partial charge in [-0.3, -0.25) is 4.79 Å². The predicted molar refractivity (Wildman–Crippen MR) is 103 cm³/mol. The maximum atomic E-state index is 13.7. The predicted octanol–water partition coefficient (Wildman–Crippen LogP) is 5.46. The fourth-order valence-electron chi connectivity index (χ4n) is 2.78. The number of benzene rings is 3. The fraction of sp³-hybridized carbons (Fsp3) is 0.0476. The lowest BCUT2D eigenvalue weighted by Gasteiger charge is -2.05. The van der Waals surface area contributed by atoms with Gasteiger partial charge in [0.15, 0.2) is 11.5 Å². The third kappa shape index (κ3) is 3.68. The molecule has 1 amide bonds. The zero-order chi connectivity index (χ0) is 18.8. The highest BCUT2D eigenvalue weighted by atomic mass is 35.5. The second-order valence-corrected chi connectivity index (χ2v) is 6.40. The number of anilines is 1. The summed E-state index contributed by atoms with van der Waals surface area (Å²) in [6, 6.07) is 18.4.